The second kappa shape index (κ2) is 11.0. The van der Waals surface area contributed by atoms with Crippen molar-refractivity contribution in [3.63, 3.8) is 0 Å². The molecule has 1 aliphatic carbocycles. The van der Waals surface area contributed by atoms with E-state index in [1.54, 1.807) is 24.3 Å². The molecule has 8 aromatic rings. The van der Waals surface area contributed by atoms with Crippen molar-refractivity contribution < 1.29 is 26.0 Å². The summed E-state index contributed by atoms with van der Waals surface area (Å²) in [7, 11) is 0. The Balaban J connectivity index is 1.53. The normalized spacial score (nSPS) is 22.0. The molecule has 0 heterocycles. The van der Waals surface area contributed by atoms with Crippen LogP contribution < -0.4 is 10.4 Å². The van der Waals surface area contributed by atoms with E-state index in [9.17, 15) is 9.60 Å². The lowest BCUT2D eigenvalue weighted by Gasteiger charge is -2.21. The number of benzene rings is 8. The van der Waals surface area contributed by atoms with Crippen LogP contribution in [0.15, 0.2) is 163 Å². The van der Waals surface area contributed by atoms with E-state index >= 15 is 0 Å². The maximum absolute atomic E-state index is 9.99. The fourth-order valence-corrected chi connectivity index (χ4v) is 6.05. The van der Waals surface area contributed by atoms with Gasteiger partial charge in [0.1, 0.15) is 0 Å². The van der Waals surface area contributed by atoms with Crippen LogP contribution in [0.25, 0.3) is 77.8 Å². The fraction of sp³-hybridized carbons (Fsp3) is 0.0435. The quantitative estimate of drug-likeness (QED) is 0.188. The number of rotatable bonds is 4. The molecule has 8 aromatic carbocycles. The van der Waals surface area contributed by atoms with Crippen LogP contribution in [0, 0.1) is 0 Å². The van der Waals surface area contributed by atoms with E-state index in [0.717, 1.165) is 21.9 Å². The van der Waals surface area contributed by atoms with E-state index in [4.69, 9.17) is 16.4 Å². The molecule has 2 atom stereocenters. The van der Waals surface area contributed by atoms with Gasteiger partial charge in [0.05, 0.1) is 24.7 Å². The second-order valence-electron chi connectivity index (χ2n) is 10.9. The molecule has 0 N–H and O–H groups in total. The minimum Gasteiger partial charge on any atom is -0.0751 e. The Bertz CT molecular complexity index is 3570. The zero-order valence-corrected chi connectivity index (χ0v) is 24.0. The lowest BCUT2D eigenvalue weighted by molar-refractivity contribution is 0.922. The van der Waals surface area contributed by atoms with Crippen molar-refractivity contribution in [1.82, 2.24) is 0 Å². The van der Waals surface area contributed by atoms with Gasteiger partial charge in [-0.15, -0.1) is 0 Å². The van der Waals surface area contributed by atoms with Crippen molar-refractivity contribution in [3.05, 3.63) is 179 Å². The molecule has 0 nitrogen and oxygen atoms in total. The summed E-state index contributed by atoms with van der Waals surface area (Å²) < 4.78 is 171. The molecule has 0 amide bonds. The molecule has 0 saturated carbocycles. The second-order valence-corrected chi connectivity index (χ2v) is 10.9. The summed E-state index contributed by atoms with van der Waals surface area (Å²) in [5, 5.41) is -0.217. The van der Waals surface area contributed by atoms with E-state index in [-0.39, 0.29) is 32.3 Å². The highest BCUT2D eigenvalue weighted by molar-refractivity contribution is 6.07. The van der Waals surface area contributed by atoms with E-state index < -0.39 is 149 Å². The molecule has 0 saturated heterocycles. The van der Waals surface area contributed by atoms with E-state index in [2.05, 4.69) is 0 Å². The smallest absolute Gasteiger partial charge is 0.0636 e. The molecular formula is C46H32. The molecule has 0 bridgehead atoms. The lowest BCUT2D eigenvalue weighted by atomic mass is 9.82. The summed E-state index contributed by atoms with van der Waals surface area (Å²) in [6, 6.07) is 7.47. The summed E-state index contributed by atoms with van der Waals surface area (Å²) in [6.07, 6.45) is -1.93. The first-order valence-electron chi connectivity index (χ1n) is 24.2. The van der Waals surface area contributed by atoms with Gasteiger partial charge in [0, 0.05) is 7.29 Å². The molecule has 216 valence electrons. The molecular weight excluding hydrogens is 553 g/mol. The standard InChI is InChI=1S/C46H32/c1-2-10-31(11-3-1)39-26-27-43-44(30-39)45(35-22-18-34(19-23-35)38-24-20-32-12-4-6-14-36(32)28-38)41-16-8-9-17-42(41)46(43)40-25-21-33-13-5-7-15-37(33)29-40/h1-25,27-30,39H,26H2/i1D,2D,3D,5D,7D,8D,9D,10D,11D,13D,15D,16D,17D,21D,25D,26D,27D,29D,30D. The van der Waals surface area contributed by atoms with Crippen LogP contribution in [0.2, 0.25) is 0 Å². The number of fused-ring (bicyclic) bond motifs is 4. The number of hydrogen-bond donors (Lipinski definition) is 0. The zero-order valence-electron chi connectivity index (χ0n) is 43.0. The number of hydrogen-bond acceptors (Lipinski definition) is 0. The highest BCUT2D eigenvalue weighted by Gasteiger charge is 2.19. The molecule has 1 aliphatic rings. The van der Waals surface area contributed by atoms with E-state index in [0.29, 0.717) is 0 Å². The Labute approximate surface area is 295 Å². The first-order valence-corrected chi connectivity index (χ1v) is 14.6. The molecule has 9 rings (SSSR count). The van der Waals surface area contributed by atoms with Crippen LogP contribution in [0.1, 0.15) is 43.9 Å². The first-order chi connectivity index (χ1) is 30.7. The Morgan fingerprint density at radius 3 is 1.96 bits per heavy atom. The minimum absolute atomic E-state index is 0.0540. The van der Waals surface area contributed by atoms with Gasteiger partial charge in [0.15, 0.2) is 0 Å². The minimum atomic E-state index is -1.93. The predicted molar refractivity (Wildman–Crippen MR) is 197 cm³/mol. The van der Waals surface area contributed by atoms with Gasteiger partial charge in [-0.05, 0) is 100 Å². The van der Waals surface area contributed by atoms with Crippen molar-refractivity contribution in [1.29, 1.82) is 0 Å². The summed E-state index contributed by atoms with van der Waals surface area (Å²) in [6.45, 7) is 0. The third-order valence-electron chi connectivity index (χ3n) is 8.22. The Hall–Kier alpha value is -5.72. The van der Waals surface area contributed by atoms with Crippen molar-refractivity contribution in [3.8, 4) is 33.4 Å². The Kier molecular flexibility index (Phi) is 3.29. The maximum Gasteiger partial charge on any atom is 0.0636 e. The highest BCUT2D eigenvalue weighted by Crippen LogP contribution is 2.35. The van der Waals surface area contributed by atoms with Crippen molar-refractivity contribution in [2.75, 3.05) is 0 Å². The molecule has 0 heteroatoms. The lowest BCUT2D eigenvalue weighted by Crippen LogP contribution is -2.33. The van der Waals surface area contributed by atoms with Crippen LogP contribution >= 0.6 is 0 Å². The van der Waals surface area contributed by atoms with E-state index in [1.165, 1.54) is 0 Å². The topological polar surface area (TPSA) is 0 Å². The SMILES string of the molecule is [2H]C1=c2c(-c3ccc(-c4ccc5ccccc5c4)cc3)c3c([2H])c([2H])c([2H])c([2H])c3c(-c3c([2H])c([2H])c4c([2H])c([2H])c([2H])c([2H])c4c3[2H])c2=C([2H])C([2H])C1c1c([2H])c([2H])c([2H])c([2H])c1[2H]. The molecule has 0 fully saturated rings. The predicted octanol–water partition coefficient (Wildman–Crippen LogP) is 10.9. The maximum atomic E-state index is 9.99. The van der Waals surface area contributed by atoms with Crippen LogP contribution in [-0.2, 0) is 0 Å². The molecule has 2 unspecified atom stereocenters. The van der Waals surface area contributed by atoms with Gasteiger partial charge >= 0.3 is 0 Å². The van der Waals surface area contributed by atoms with Crippen LogP contribution in [-0.4, -0.2) is 0 Å². The summed E-state index contributed by atoms with van der Waals surface area (Å²) in [5.41, 5.74) is 0.289. The van der Waals surface area contributed by atoms with Gasteiger partial charge in [-0.25, -0.2) is 0 Å². The van der Waals surface area contributed by atoms with E-state index in [1.807, 2.05) is 42.5 Å². The van der Waals surface area contributed by atoms with Gasteiger partial charge < -0.3 is 0 Å². The third-order valence-corrected chi connectivity index (χ3v) is 8.22. The van der Waals surface area contributed by atoms with Gasteiger partial charge in [-0.1, -0.05) is 163 Å². The van der Waals surface area contributed by atoms with Crippen molar-refractivity contribution in [2.24, 2.45) is 0 Å². The van der Waals surface area contributed by atoms with Crippen molar-refractivity contribution in [2.45, 2.75) is 12.3 Å². The summed E-state index contributed by atoms with van der Waals surface area (Å²) in [4.78, 5) is 0. The molecule has 0 radical (unpaired) electrons. The Morgan fingerprint density at radius 2 is 1.15 bits per heavy atom. The zero-order chi connectivity index (χ0) is 47.0. The molecule has 0 spiro atoms. The van der Waals surface area contributed by atoms with Gasteiger partial charge in [-0.3, -0.25) is 0 Å². The van der Waals surface area contributed by atoms with Crippen LogP contribution in [0.5, 0.6) is 0 Å². The summed E-state index contributed by atoms with van der Waals surface area (Å²) in [5.74, 6) is -1.73. The fourth-order valence-electron chi connectivity index (χ4n) is 6.05. The molecule has 0 aromatic heterocycles. The largest absolute Gasteiger partial charge is 0.0751 e. The van der Waals surface area contributed by atoms with Gasteiger partial charge in [0.2, 0.25) is 0 Å². The van der Waals surface area contributed by atoms with Gasteiger partial charge in [-0.2, -0.15) is 0 Å². The van der Waals surface area contributed by atoms with Crippen LogP contribution in [0.4, 0.5) is 0 Å². The van der Waals surface area contributed by atoms with Crippen molar-refractivity contribution >= 4 is 44.4 Å². The first kappa shape index (κ1) is 13.7. The highest BCUT2D eigenvalue weighted by atomic mass is 14.2. The molecule has 0 aliphatic heterocycles. The summed E-state index contributed by atoms with van der Waals surface area (Å²) >= 11 is 0. The third kappa shape index (κ3) is 4.54. The Morgan fingerprint density at radius 1 is 0.500 bits per heavy atom. The monoisotopic (exact) mass is 603 g/mol. The molecule has 46 heavy (non-hydrogen) atoms. The average Bonchev–Trinajstić information content (AvgIpc) is 3.30. The van der Waals surface area contributed by atoms with Crippen LogP contribution in [0.3, 0.4) is 0 Å². The van der Waals surface area contributed by atoms with Gasteiger partial charge in [0.25, 0.3) is 0 Å². The average molecular weight is 604 g/mol.